The van der Waals surface area contributed by atoms with E-state index in [1.165, 1.54) is 41.1 Å². The molecule has 0 amide bonds. The van der Waals surface area contributed by atoms with Gasteiger partial charge >= 0.3 is 0 Å². The first-order chi connectivity index (χ1) is 14.6. The zero-order valence-electron chi connectivity index (χ0n) is 17.4. The maximum atomic E-state index is 12.8. The van der Waals surface area contributed by atoms with Crippen molar-refractivity contribution in [3.05, 3.63) is 87.7 Å². The molecule has 5 nitrogen and oxygen atoms in total. The van der Waals surface area contributed by atoms with Gasteiger partial charge in [-0.2, -0.15) is 0 Å². The fourth-order valence-corrected chi connectivity index (χ4v) is 4.40. The van der Waals surface area contributed by atoms with Crippen LogP contribution in [0.4, 0.5) is 0 Å². The average molecular weight is 399 g/mol. The molecule has 5 heteroatoms. The minimum absolute atomic E-state index is 0.109. The number of aryl methyl sites for hydroxylation is 3. The number of rotatable bonds is 4. The Morgan fingerprint density at radius 3 is 2.73 bits per heavy atom. The van der Waals surface area contributed by atoms with E-state index in [0.717, 1.165) is 29.8 Å². The molecule has 4 aromatic rings. The molecule has 0 fully saturated rings. The lowest BCUT2D eigenvalue weighted by molar-refractivity contribution is 0.300. The van der Waals surface area contributed by atoms with Crippen LogP contribution in [0.15, 0.2) is 59.7 Å². The van der Waals surface area contributed by atoms with Gasteiger partial charge in [0.15, 0.2) is 0 Å². The lowest BCUT2D eigenvalue weighted by Crippen LogP contribution is -2.16. The SMILES string of the molecule is Cc1ccc(COc2ccn(-c3ccc4c5c(n(C)c4c3)CCCC5)c(=O)c2)nc1. The number of hydrogen-bond donors (Lipinski definition) is 0. The molecule has 3 heterocycles. The van der Waals surface area contributed by atoms with Gasteiger partial charge in [0.2, 0.25) is 0 Å². The van der Waals surface area contributed by atoms with Crippen molar-refractivity contribution in [2.24, 2.45) is 7.05 Å². The van der Waals surface area contributed by atoms with Crippen LogP contribution in [0.25, 0.3) is 16.6 Å². The van der Waals surface area contributed by atoms with Gasteiger partial charge in [0, 0.05) is 36.6 Å². The Morgan fingerprint density at radius 2 is 1.93 bits per heavy atom. The van der Waals surface area contributed by atoms with Gasteiger partial charge in [0.1, 0.15) is 12.4 Å². The molecule has 3 aromatic heterocycles. The second-order valence-corrected chi connectivity index (χ2v) is 8.08. The van der Waals surface area contributed by atoms with Crippen molar-refractivity contribution in [2.45, 2.75) is 39.2 Å². The van der Waals surface area contributed by atoms with Crippen LogP contribution in [0.2, 0.25) is 0 Å². The molecule has 1 aliphatic rings. The number of pyridine rings is 2. The summed E-state index contributed by atoms with van der Waals surface area (Å²) in [5.74, 6) is 0.550. The van der Waals surface area contributed by atoms with E-state index in [-0.39, 0.29) is 5.56 Å². The zero-order valence-corrected chi connectivity index (χ0v) is 17.4. The number of nitrogens with zero attached hydrogens (tertiary/aromatic N) is 3. The Bertz CT molecular complexity index is 1280. The van der Waals surface area contributed by atoms with Gasteiger partial charge < -0.3 is 9.30 Å². The molecular formula is C25H25N3O2. The van der Waals surface area contributed by atoms with Crippen LogP contribution in [-0.4, -0.2) is 14.1 Å². The summed E-state index contributed by atoms with van der Waals surface area (Å²) in [7, 11) is 2.13. The fourth-order valence-electron chi connectivity index (χ4n) is 4.40. The maximum absolute atomic E-state index is 12.8. The first kappa shape index (κ1) is 18.7. The smallest absolute Gasteiger partial charge is 0.258 e. The van der Waals surface area contributed by atoms with E-state index < -0.39 is 0 Å². The second kappa shape index (κ2) is 7.48. The molecule has 0 saturated carbocycles. The molecule has 152 valence electrons. The van der Waals surface area contributed by atoms with E-state index in [9.17, 15) is 4.79 Å². The van der Waals surface area contributed by atoms with Crippen molar-refractivity contribution in [3.63, 3.8) is 0 Å². The van der Waals surface area contributed by atoms with Crippen LogP contribution in [0.3, 0.4) is 0 Å². The van der Waals surface area contributed by atoms with Gasteiger partial charge in [0.05, 0.1) is 16.9 Å². The first-order valence-electron chi connectivity index (χ1n) is 10.5. The number of hydrogen-bond acceptors (Lipinski definition) is 3. The summed E-state index contributed by atoms with van der Waals surface area (Å²) >= 11 is 0. The van der Waals surface area contributed by atoms with Gasteiger partial charge in [-0.1, -0.05) is 12.1 Å². The Balaban J connectivity index is 1.43. The third-order valence-corrected chi connectivity index (χ3v) is 6.04. The molecule has 0 atom stereocenters. The number of ether oxygens (including phenoxy) is 1. The highest BCUT2D eigenvalue weighted by Crippen LogP contribution is 2.32. The highest BCUT2D eigenvalue weighted by molar-refractivity contribution is 5.87. The van der Waals surface area contributed by atoms with Gasteiger partial charge in [-0.15, -0.1) is 0 Å². The number of aromatic nitrogens is 3. The number of fused-ring (bicyclic) bond motifs is 3. The monoisotopic (exact) mass is 399 g/mol. The van der Waals surface area contributed by atoms with Gasteiger partial charge in [-0.25, -0.2) is 0 Å². The largest absolute Gasteiger partial charge is 0.487 e. The van der Waals surface area contributed by atoms with E-state index >= 15 is 0 Å². The van der Waals surface area contributed by atoms with Crippen molar-refractivity contribution in [1.82, 2.24) is 14.1 Å². The van der Waals surface area contributed by atoms with Crippen LogP contribution in [0.1, 0.15) is 35.4 Å². The van der Waals surface area contributed by atoms with E-state index in [1.807, 2.05) is 37.4 Å². The third kappa shape index (κ3) is 3.30. The summed E-state index contributed by atoms with van der Waals surface area (Å²) in [4.78, 5) is 17.1. The minimum atomic E-state index is -0.109. The Morgan fingerprint density at radius 1 is 1.07 bits per heavy atom. The standard InChI is InChI=1S/C25H25N3O2/c1-17-7-8-18(26-15-17)16-30-20-11-12-28(25(29)14-20)19-9-10-22-21-5-3-4-6-23(21)27(2)24(22)13-19/h7-15H,3-6,16H2,1-2H3. The Hall–Kier alpha value is -3.34. The van der Waals surface area contributed by atoms with Crippen molar-refractivity contribution in [3.8, 4) is 11.4 Å². The van der Waals surface area contributed by atoms with Crippen molar-refractivity contribution >= 4 is 10.9 Å². The normalized spacial score (nSPS) is 13.4. The maximum Gasteiger partial charge on any atom is 0.258 e. The van der Waals surface area contributed by atoms with Crippen molar-refractivity contribution in [2.75, 3.05) is 0 Å². The molecule has 0 aliphatic heterocycles. The van der Waals surface area contributed by atoms with Gasteiger partial charge in [-0.3, -0.25) is 14.3 Å². The summed E-state index contributed by atoms with van der Waals surface area (Å²) in [5.41, 5.74) is 6.82. The molecule has 0 N–H and O–H groups in total. The van der Waals surface area contributed by atoms with E-state index in [4.69, 9.17) is 4.74 Å². The van der Waals surface area contributed by atoms with Gasteiger partial charge in [0.25, 0.3) is 5.56 Å². The van der Waals surface area contributed by atoms with Crippen LogP contribution in [0, 0.1) is 6.92 Å². The van der Waals surface area contributed by atoms with E-state index in [0.29, 0.717) is 12.4 Å². The van der Waals surface area contributed by atoms with Crippen LogP contribution in [0.5, 0.6) is 5.75 Å². The minimum Gasteiger partial charge on any atom is -0.487 e. The highest BCUT2D eigenvalue weighted by atomic mass is 16.5. The Kier molecular flexibility index (Phi) is 4.66. The van der Waals surface area contributed by atoms with Crippen LogP contribution in [-0.2, 0) is 26.5 Å². The molecular weight excluding hydrogens is 374 g/mol. The predicted octanol–water partition coefficient (Wildman–Crippen LogP) is 4.49. The highest BCUT2D eigenvalue weighted by Gasteiger charge is 2.18. The average Bonchev–Trinajstić information content (AvgIpc) is 3.05. The second-order valence-electron chi connectivity index (χ2n) is 8.08. The molecule has 5 rings (SSSR count). The predicted molar refractivity (Wildman–Crippen MR) is 118 cm³/mol. The van der Waals surface area contributed by atoms with E-state index in [1.54, 1.807) is 10.8 Å². The molecule has 0 saturated heterocycles. The molecule has 0 radical (unpaired) electrons. The zero-order chi connectivity index (χ0) is 20.7. The summed E-state index contributed by atoms with van der Waals surface area (Å²) in [6, 6.07) is 13.6. The van der Waals surface area contributed by atoms with Crippen LogP contribution >= 0.6 is 0 Å². The lowest BCUT2D eigenvalue weighted by Gasteiger charge is -2.12. The summed E-state index contributed by atoms with van der Waals surface area (Å²) in [6.45, 7) is 2.34. The summed E-state index contributed by atoms with van der Waals surface area (Å²) in [5, 5.41) is 1.31. The fraction of sp³-hybridized carbons (Fsp3) is 0.280. The van der Waals surface area contributed by atoms with Crippen molar-refractivity contribution < 1.29 is 4.74 Å². The molecule has 0 bridgehead atoms. The first-order valence-corrected chi connectivity index (χ1v) is 10.5. The van der Waals surface area contributed by atoms with Crippen LogP contribution < -0.4 is 10.3 Å². The third-order valence-electron chi connectivity index (χ3n) is 6.04. The van der Waals surface area contributed by atoms with Gasteiger partial charge in [-0.05, 0) is 68.0 Å². The molecule has 1 aromatic carbocycles. The Labute approximate surface area is 175 Å². The molecule has 1 aliphatic carbocycles. The van der Waals surface area contributed by atoms with Crippen molar-refractivity contribution in [1.29, 1.82) is 0 Å². The summed E-state index contributed by atoms with van der Waals surface area (Å²) < 4.78 is 9.73. The summed E-state index contributed by atoms with van der Waals surface area (Å²) in [6.07, 6.45) is 8.39. The molecule has 0 spiro atoms. The van der Waals surface area contributed by atoms with E-state index in [2.05, 4.69) is 28.7 Å². The number of benzene rings is 1. The molecule has 30 heavy (non-hydrogen) atoms. The molecule has 0 unspecified atom stereocenters. The quantitative estimate of drug-likeness (QED) is 0.508. The lowest BCUT2D eigenvalue weighted by atomic mass is 9.95. The topological polar surface area (TPSA) is 49.0 Å².